The molecular weight excluding hydrogens is 204 g/mol. The van der Waals surface area contributed by atoms with Crippen LogP contribution in [0.5, 0.6) is 0 Å². The largest absolute Gasteiger partial charge is 0.349 e. The zero-order valence-corrected chi connectivity index (χ0v) is 10.3. The molecule has 16 heavy (non-hydrogen) atoms. The van der Waals surface area contributed by atoms with E-state index >= 15 is 0 Å². The molecule has 3 fully saturated rings. The molecule has 2 saturated heterocycles. The Morgan fingerprint density at radius 3 is 2.62 bits per heavy atom. The summed E-state index contributed by atoms with van der Waals surface area (Å²) >= 11 is 0. The average molecular weight is 226 g/mol. The van der Waals surface area contributed by atoms with Gasteiger partial charge in [-0.3, -0.25) is 0 Å². The molecule has 0 aromatic carbocycles. The van der Waals surface area contributed by atoms with Crippen molar-refractivity contribution in [1.82, 2.24) is 0 Å². The van der Waals surface area contributed by atoms with Crippen LogP contribution in [0.15, 0.2) is 0 Å². The molecule has 2 aliphatic heterocycles. The number of ether oxygens (including phenoxy) is 1. The van der Waals surface area contributed by atoms with E-state index in [0.29, 0.717) is 5.92 Å². The molecule has 0 aromatic rings. The second-order valence-corrected chi connectivity index (χ2v) is 6.26. The van der Waals surface area contributed by atoms with E-state index < -0.39 is 0 Å². The van der Waals surface area contributed by atoms with Gasteiger partial charge in [0.15, 0.2) is 6.29 Å². The highest BCUT2D eigenvalue weighted by atomic mass is 17.2. The van der Waals surface area contributed by atoms with Crippen molar-refractivity contribution in [2.75, 3.05) is 6.61 Å². The molecular formula is C13H22O3. The van der Waals surface area contributed by atoms with Crippen LogP contribution in [-0.4, -0.2) is 18.5 Å². The monoisotopic (exact) mass is 226 g/mol. The van der Waals surface area contributed by atoms with Gasteiger partial charge in [-0.1, -0.05) is 19.8 Å². The van der Waals surface area contributed by atoms with Crippen LogP contribution in [0.4, 0.5) is 0 Å². The Morgan fingerprint density at radius 2 is 1.88 bits per heavy atom. The van der Waals surface area contributed by atoms with Crippen LogP contribution in [0.2, 0.25) is 0 Å². The molecule has 3 nitrogen and oxygen atoms in total. The zero-order valence-electron chi connectivity index (χ0n) is 10.3. The summed E-state index contributed by atoms with van der Waals surface area (Å²) in [5, 5.41) is 0. The molecule has 0 radical (unpaired) electrons. The average Bonchev–Trinajstić information content (AvgIpc) is 2.83. The number of rotatable bonds is 1. The third kappa shape index (κ3) is 1.60. The van der Waals surface area contributed by atoms with Gasteiger partial charge in [0.2, 0.25) is 0 Å². The Morgan fingerprint density at radius 1 is 1.12 bits per heavy atom. The van der Waals surface area contributed by atoms with Crippen molar-refractivity contribution in [3.05, 3.63) is 0 Å². The number of hydrogen-bond donors (Lipinski definition) is 0. The first-order chi connectivity index (χ1) is 7.62. The summed E-state index contributed by atoms with van der Waals surface area (Å²) in [6.07, 6.45) is 7.32. The minimum Gasteiger partial charge on any atom is -0.349 e. The molecule has 1 saturated carbocycles. The van der Waals surface area contributed by atoms with Crippen molar-refractivity contribution in [2.24, 2.45) is 11.3 Å². The van der Waals surface area contributed by atoms with E-state index in [2.05, 4.69) is 13.8 Å². The minimum absolute atomic E-state index is 0.0878. The lowest BCUT2D eigenvalue weighted by molar-refractivity contribution is -0.469. The van der Waals surface area contributed by atoms with Gasteiger partial charge < -0.3 is 4.74 Å². The highest BCUT2D eigenvalue weighted by Gasteiger charge is 2.54. The summed E-state index contributed by atoms with van der Waals surface area (Å²) in [6, 6.07) is 0. The Kier molecular flexibility index (Phi) is 2.54. The third-order valence-electron chi connectivity index (χ3n) is 4.81. The van der Waals surface area contributed by atoms with Gasteiger partial charge in [0.1, 0.15) is 5.60 Å². The molecule has 92 valence electrons. The second kappa shape index (κ2) is 3.69. The highest BCUT2D eigenvalue weighted by molar-refractivity contribution is 4.97. The molecule has 3 rings (SSSR count). The second-order valence-electron chi connectivity index (χ2n) is 6.26. The van der Waals surface area contributed by atoms with E-state index in [9.17, 15) is 0 Å². The maximum Gasteiger partial charge on any atom is 0.196 e. The first-order valence-electron chi connectivity index (χ1n) is 6.59. The molecule has 0 N–H and O–H groups in total. The summed E-state index contributed by atoms with van der Waals surface area (Å²) < 4.78 is 5.57. The van der Waals surface area contributed by atoms with Gasteiger partial charge in [-0.05, 0) is 38.5 Å². The smallest absolute Gasteiger partial charge is 0.196 e. The standard InChI is InChI=1S/C13H22O3/c1-12-7-8-14-11(12)15-16-13(2,9-12)10-5-3-4-6-10/h10-11H,3-9H2,1-2H3/t11-,12+,13-/m1/s1. The van der Waals surface area contributed by atoms with E-state index in [1.807, 2.05) is 0 Å². The lowest BCUT2D eigenvalue weighted by atomic mass is 9.72. The number of hydrogen-bond acceptors (Lipinski definition) is 3. The highest BCUT2D eigenvalue weighted by Crippen LogP contribution is 2.51. The van der Waals surface area contributed by atoms with E-state index in [1.165, 1.54) is 25.7 Å². The summed E-state index contributed by atoms with van der Waals surface area (Å²) in [4.78, 5) is 11.2. The van der Waals surface area contributed by atoms with Gasteiger partial charge in [0.05, 0.1) is 6.61 Å². The van der Waals surface area contributed by atoms with E-state index in [1.54, 1.807) is 0 Å². The summed E-state index contributed by atoms with van der Waals surface area (Å²) in [6.45, 7) is 5.31. The van der Waals surface area contributed by atoms with Crippen LogP contribution in [0.1, 0.15) is 52.4 Å². The molecule has 3 heteroatoms. The first-order valence-corrected chi connectivity index (χ1v) is 6.59. The maximum atomic E-state index is 5.70. The molecule has 0 unspecified atom stereocenters. The topological polar surface area (TPSA) is 27.7 Å². The van der Waals surface area contributed by atoms with Gasteiger partial charge in [0, 0.05) is 5.41 Å². The zero-order chi connectivity index (χ0) is 11.2. The van der Waals surface area contributed by atoms with Crippen LogP contribution in [0.3, 0.4) is 0 Å². The van der Waals surface area contributed by atoms with Crippen molar-refractivity contribution in [3.8, 4) is 0 Å². The molecule has 0 aromatic heterocycles. The first kappa shape index (κ1) is 11.0. The quantitative estimate of drug-likeness (QED) is 0.643. The molecule has 0 spiro atoms. The summed E-state index contributed by atoms with van der Waals surface area (Å²) in [7, 11) is 0. The van der Waals surface area contributed by atoms with E-state index in [4.69, 9.17) is 14.5 Å². The molecule has 0 amide bonds. The lowest BCUT2D eigenvalue weighted by Gasteiger charge is -2.46. The molecule has 0 bridgehead atoms. The lowest BCUT2D eigenvalue weighted by Crippen LogP contribution is -2.50. The third-order valence-corrected chi connectivity index (χ3v) is 4.81. The van der Waals surface area contributed by atoms with Crippen LogP contribution in [-0.2, 0) is 14.5 Å². The molecule has 3 aliphatic rings. The SMILES string of the molecule is C[C@@]12CCO[C@@H]1OO[C@@](C)(C1CCCC1)C2. The fraction of sp³-hybridized carbons (Fsp3) is 1.00. The van der Waals surface area contributed by atoms with Crippen molar-refractivity contribution < 1.29 is 14.5 Å². The van der Waals surface area contributed by atoms with Crippen LogP contribution < -0.4 is 0 Å². The van der Waals surface area contributed by atoms with Gasteiger partial charge in [-0.15, -0.1) is 0 Å². The Bertz CT molecular complexity index is 274. The number of fused-ring (bicyclic) bond motifs is 1. The van der Waals surface area contributed by atoms with Gasteiger partial charge in [-0.25, -0.2) is 9.78 Å². The van der Waals surface area contributed by atoms with Crippen LogP contribution in [0.25, 0.3) is 0 Å². The van der Waals surface area contributed by atoms with Crippen molar-refractivity contribution in [1.29, 1.82) is 0 Å². The molecule has 1 aliphatic carbocycles. The van der Waals surface area contributed by atoms with E-state index in [0.717, 1.165) is 19.4 Å². The molecule has 3 atom stereocenters. The maximum absolute atomic E-state index is 5.70. The Hall–Kier alpha value is -0.120. The fourth-order valence-electron chi connectivity index (χ4n) is 3.77. The Labute approximate surface area is 97.4 Å². The normalized spacial score (nSPS) is 49.5. The van der Waals surface area contributed by atoms with Gasteiger partial charge in [-0.2, -0.15) is 0 Å². The minimum atomic E-state index is -0.137. The van der Waals surface area contributed by atoms with Crippen molar-refractivity contribution >= 4 is 0 Å². The predicted octanol–water partition coefficient (Wildman–Crippen LogP) is 3.04. The van der Waals surface area contributed by atoms with Crippen LogP contribution in [0, 0.1) is 11.3 Å². The van der Waals surface area contributed by atoms with E-state index in [-0.39, 0.29) is 17.3 Å². The Balaban J connectivity index is 1.77. The van der Waals surface area contributed by atoms with Crippen molar-refractivity contribution in [2.45, 2.75) is 64.3 Å². The summed E-state index contributed by atoms with van der Waals surface area (Å²) in [5.41, 5.74) is 0.0744. The summed E-state index contributed by atoms with van der Waals surface area (Å²) in [5.74, 6) is 0.672. The fourth-order valence-corrected chi connectivity index (χ4v) is 3.77. The van der Waals surface area contributed by atoms with Gasteiger partial charge in [0.25, 0.3) is 0 Å². The van der Waals surface area contributed by atoms with Crippen LogP contribution >= 0.6 is 0 Å². The molecule has 2 heterocycles. The van der Waals surface area contributed by atoms with Gasteiger partial charge >= 0.3 is 0 Å². The van der Waals surface area contributed by atoms with Crippen molar-refractivity contribution in [3.63, 3.8) is 0 Å². The predicted molar refractivity (Wildman–Crippen MR) is 59.6 cm³/mol.